The standard InChI is InChI=1S/C19H24N2O/c1-4-6-13-20(3)18-11-9-10-17(15-16(18)5-2)21-14-8-7-12-19(21)22/h5,7-8,11-12,14,17H,4,6,13,15H2,1-3H3/b16-5-. The Morgan fingerprint density at radius 3 is 2.95 bits per heavy atom. The van der Waals surface area contributed by atoms with Crippen LogP contribution in [0.3, 0.4) is 0 Å². The number of aromatic nitrogens is 1. The number of allylic oxidation sites excluding steroid dienone is 3. The first-order valence-corrected chi connectivity index (χ1v) is 7.92. The molecule has 0 aliphatic heterocycles. The highest BCUT2D eigenvalue weighted by Crippen LogP contribution is 2.26. The van der Waals surface area contributed by atoms with Crippen LogP contribution in [0, 0.1) is 11.8 Å². The van der Waals surface area contributed by atoms with Gasteiger partial charge in [0.15, 0.2) is 0 Å². The maximum absolute atomic E-state index is 12.0. The van der Waals surface area contributed by atoms with Crippen molar-refractivity contribution in [2.75, 3.05) is 13.6 Å². The SMILES string of the molecule is C/C=C1/CC(n2ccccc2=O)C#CC=C1N(C)CCCC. The molecule has 2 rings (SSSR count). The molecular weight excluding hydrogens is 272 g/mol. The van der Waals surface area contributed by atoms with Gasteiger partial charge in [-0.25, -0.2) is 0 Å². The van der Waals surface area contributed by atoms with E-state index in [2.05, 4.69) is 36.8 Å². The van der Waals surface area contributed by atoms with Crippen LogP contribution in [-0.2, 0) is 0 Å². The Bertz CT molecular complexity index is 685. The van der Waals surface area contributed by atoms with Crippen molar-refractivity contribution in [3.63, 3.8) is 0 Å². The molecule has 0 amide bonds. The molecule has 0 bridgehead atoms. The molecule has 1 aliphatic rings. The van der Waals surface area contributed by atoms with Gasteiger partial charge in [0.05, 0.1) is 0 Å². The van der Waals surface area contributed by atoms with Crippen molar-refractivity contribution in [1.82, 2.24) is 9.47 Å². The molecule has 1 unspecified atom stereocenters. The average molecular weight is 296 g/mol. The van der Waals surface area contributed by atoms with Gasteiger partial charge in [0.2, 0.25) is 0 Å². The molecule has 1 aromatic heterocycles. The van der Waals surface area contributed by atoms with E-state index in [4.69, 9.17) is 0 Å². The molecule has 0 saturated heterocycles. The summed E-state index contributed by atoms with van der Waals surface area (Å²) < 4.78 is 1.72. The molecule has 0 fully saturated rings. The average Bonchev–Trinajstić information content (AvgIpc) is 2.75. The van der Waals surface area contributed by atoms with Crippen LogP contribution in [0.4, 0.5) is 0 Å². The second kappa shape index (κ2) is 7.70. The van der Waals surface area contributed by atoms with Crippen molar-refractivity contribution in [3.8, 4) is 11.8 Å². The number of nitrogens with zero attached hydrogens (tertiary/aromatic N) is 2. The van der Waals surface area contributed by atoms with Crippen molar-refractivity contribution < 1.29 is 0 Å². The van der Waals surface area contributed by atoms with Gasteiger partial charge in [0.25, 0.3) is 5.56 Å². The molecule has 22 heavy (non-hydrogen) atoms. The molecule has 0 spiro atoms. The van der Waals surface area contributed by atoms with Gasteiger partial charge < -0.3 is 9.47 Å². The zero-order chi connectivity index (χ0) is 15.9. The molecule has 0 saturated carbocycles. The van der Waals surface area contributed by atoms with E-state index in [1.165, 1.54) is 24.1 Å². The third kappa shape index (κ3) is 3.71. The molecule has 3 nitrogen and oxygen atoms in total. The van der Waals surface area contributed by atoms with Gasteiger partial charge in [-0.1, -0.05) is 37.3 Å². The predicted octanol–water partition coefficient (Wildman–Crippen LogP) is 3.36. The maximum Gasteiger partial charge on any atom is 0.251 e. The van der Waals surface area contributed by atoms with E-state index >= 15 is 0 Å². The summed E-state index contributed by atoms with van der Waals surface area (Å²) in [5.41, 5.74) is 2.41. The summed E-state index contributed by atoms with van der Waals surface area (Å²) in [5.74, 6) is 6.35. The zero-order valence-corrected chi connectivity index (χ0v) is 13.7. The van der Waals surface area contributed by atoms with Gasteiger partial charge in [-0.15, -0.1) is 0 Å². The second-order valence-corrected chi connectivity index (χ2v) is 5.57. The van der Waals surface area contributed by atoms with E-state index in [1.807, 2.05) is 25.3 Å². The number of likely N-dealkylation sites (N-methyl/N-ethyl adjacent to an activating group) is 1. The van der Waals surface area contributed by atoms with Crippen LogP contribution in [0.1, 0.15) is 39.2 Å². The van der Waals surface area contributed by atoms with E-state index in [0.29, 0.717) is 0 Å². The van der Waals surface area contributed by atoms with Crippen LogP contribution >= 0.6 is 0 Å². The highest BCUT2D eigenvalue weighted by Gasteiger charge is 2.18. The molecule has 0 aromatic carbocycles. The van der Waals surface area contributed by atoms with Crippen molar-refractivity contribution in [1.29, 1.82) is 0 Å². The highest BCUT2D eigenvalue weighted by molar-refractivity contribution is 5.40. The predicted molar refractivity (Wildman–Crippen MR) is 91.5 cm³/mol. The lowest BCUT2D eigenvalue weighted by Crippen LogP contribution is -2.24. The Morgan fingerprint density at radius 1 is 1.45 bits per heavy atom. The Balaban J connectivity index is 2.26. The van der Waals surface area contributed by atoms with Gasteiger partial charge in [-0.3, -0.25) is 4.79 Å². The minimum Gasteiger partial charge on any atom is -0.374 e. The zero-order valence-electron chi connectivity index (χ0n) is 13.7. The number of hydrogen-bond acceptors (Lipinski definition) is 2. The van der Waals surface area contributed by atoms with Gasteiger partial charge in [-0.2, -0.15) is 0 Å². The minimum atomic E-state index is -0.103. The molecular formula is C19H24N2O. The molecule has 0 N–H and O–H groups in total. The van der Waals surface area contributed by atoms with E-state index in [-0.39, 0.29) is 11.6 Å². The van der Waals surface area contributed by atoms with E-state index < -0.39 is 0 Å². The summed E-state index contributed by atoms with van der Waals surface area (Å²) in [6, 6.07) is 5.13. The lowest BCUT2D eigenvalue weighted by molar-refractivity contribution is 0.407. The topological polar surface area (TPSA) is 25.2 Å². The molecule has 1 heterocycles. The lowest BCUT2D eigenvalue weighted by atomic mass is 10.0. The first-order chi connectivity index (χ1) is 10.7. The second-order valence-electron chi connectivity index (χ2n) is 5.57. The fraction of sp³-hybridized carbons (Fsp3) is 0.421. The van der Waals surface area contributed by atoms with Crippen LogP contribution in [0.15, 0.2) is 52.6 Å². The third-order valence-electron chi connectivity index (χ3n) is 3.99. The molecule has 1 atom stereocenters. The maximum atomic E-state index is 12.0. The minimum absolute atomic E-state index is 0.0000376. The first-order valence-electron chi connectivity index (χ1n) is 7.92. The normalized spacial score (nSPS) is 19.1. The summed E-state index contributed by atoms with van der Waals surface area (Å²) in [7, 11) is 2.11. The Morgan fingerprint density at radius 2 is 2.27 bits per heavy atom. The fourth-order valence-corrected chi connectivity index (χ4v) is 2.66. The highest BCUT2D eigenvalue weighted by atomic mass is 16.1. The number of rotatable bonds is 5. The number of pyridine rings is 1. The Hall–Kier alpha value is -2.21. The summed E-state index contributed by atoms with van der Waals surface area (Å²) >= 11 is 0. The quantitative estimate of drug-likeness (QED) is 0.779. The van der Waals surface area contributed by atoms with Crippen LogP contribution in [0.5, 0.6) is 0 Å². The van der Waals surface area contributed by atoms with Crippen LogP contribution in [0.2, 0.25) is 0 Å². The van der Waals surface area contributed by atoms with Crippen molar-refractivity contribution >= 4 is 0 Å². The lowest BCUT2D eigenvalue weighted by Gasteiger charge is -2.25. The largest absolute Gasteiger partial charge is 0.374 e. The van der Waals surface area contributed by atoms with E-state index in [9.17, 15) is 4.79 Å². The monoisotopic (exact) mass is 296 g/mol. The van der Waals surface area contributed by atoms with Gasteiger partial charge >= 0.3 is 0 Å². The van der Waals surface area contributed by atoms with Crippen LogP contribution in [-0.4, -0.2) is 23.1 Å². The number of unbranched alkanes of at least 4 members (excludes halogenated alkanes) is 1. The third-order valence-corrected chi connectivity index (χ3v) is 3.99. The van der Waals surface area contributed by atoms with Crippen LogP contribution < -0.4 is 5.56 Å². The van der Waals surface area contributed by atoms with E-state index in [0.717, 1.165) is 13.0 Å². The van der Waals surface area contributed by atoms with Gasteiger partial charge in [0.1, 0.15) is 6.04 Å². The van der Waals surface area contributed by atoms with Gasteiger partial charge in [-0.05, 0) is 25.0 Å². The molecule has 3 heteroatoms. The van der Waals surface area contributed by atoms with Gasteiger partial charge in [0, 0.05) is 44.0 Å². The van der Waals surface area contributed by atoms with Crippen molar-refractivity contribution in [2.45, 2.75) is 39.2 Å². The molecule has 0 radical (unpaired) electrons. The fourth-order valence-electron chi connectivity index (χ4n) is 2.66. The Labute approximate surface area is 133 Å². The number of hydrogen-bond donors (Lipinski definition) is 0. The summed E-state index contributed by atoms with van der Waals surface area (Å²) in [6.45, 7) is 5.27. The summed E-state index contributed by atoms with van der Waals surface area (Å²) in [5, 5.41) is 0. The molecule has 116 valence electrons. The molecule has 1 aliphatic carbocycles. The van der Waals surface area contributed by atoms with Crippen molar-refractivity contribution in [2.24, 2.45) is 0 Å². The smallest absolute Gasteiger partial charge is 0.251 e. The first kappa shape index (κ1) is 16.2. The Kier molecular flexibility index (Phi) is 5.66. The summed E-state index contributed by atoms with van der Waals surface area (Å²) in [6.07, 6.45) is 9.04. The summed E-state index contributed by atoms with van der Waals surface area (Å²) in [4.78, 5) is 14.3. The molecule has 1 aromatic rings. The van der Waals surface area contributed by atoms with Crippen LogP contribution in [0.25, 0.3) is 0 Å². The van der Waals surface area contributed by atoms with Crippen molar-refractivity contribution in [3.05, 3.63) is 58.2 Å². The van der Waals surface area contributed by atoms with E-state index in [1.54, 1.807) is 16.7 Å².